The highest BCUT2D eigenvalue weighted by molar-refractivity contribution is 7.80. The predicted octanol–water partition coefficient (Wildman–Crippen LogP) is 1.23. The fraction of sp³-hybridized carbons (Fsp3) is 0.231. The van der Waals surface area contributed by atoms with Gasteiger partial charge in [0.25, 0.3) is 5.91 Å². The number of thiocarbonyl (C=S) groups is 1. The molecule has 0 bridgehead atoms. The van der Waals surface area contributed by atoms with Crippen LogP contribution in [0.5, 0.6) is 0 Å². The molecule has 1 aromatic carbocycles. The van der Waals surface area contributed by atoms with Crippen molar-refractivity contribution in [3.63, 3.8) is 0 Å². The van der Waals surface area contributed by atoms with E-state index in [1.165, 1.54) is 0 Å². The van der Waals surface area contributed by atoms with Crippen LogP contribution in [0.1, 0.15) is 18.5 Å². The number of carbonyl (C=O) groups is 1. The third kappa shape index (κ3) is 2.36. The maximum Gasteiger partial charge on any atom is 0.251 e. The lowest BCUT2D eigenvalue weighted by Gasteiger charge is -2.30. The van der Waals surface area contributed by atoms with Crippen LogP contribution in [-0.2, 0) is 4.79 Å². The summed E-state index contributed by atoms with van der Waals surface area (Å²) < 4.78 is 0. The van der Waals surface area contributed by atoms with Crippen LogP contribution in [0.25, 0.3) is 0 Å². The standard InChI is InChI=1S/C13H15N3OS/c1-8-10(12(17)14-2)11(16-13(18)15-8)9-6-4-3-5-7-9/h3-7,11H,1-2H3,(H,14,17)(H2,15,16,18)/t11-/m0/s1. The quantitative estimate of drug-likeness (QED) is 0.701. The molecule has 2 rings (SSSR count). The van der Waals surface area contributed by atoms with Crippen molar-refractivity contribution in [2.75, 3.05) is 7.05 Å². The topological polar surface area (TPSA) is 53.2 Å². The molecule has 1 amide bonds. The second-order valence-electron chi connectivity index (χ2n) is 4.06. The molecule has 0 unspecified atom stereocenters. The Morgan fingerprint density at radius 1 is 1.33 bits per heavy atom. The van der Waals surface area contributed by atoms with Gasteiger partial charge in [0, 0.05) is 12.7 Å². The van der Waals surface area contributed by atoms with Gasteiger partial charge in [-0.15, -0.1) is 0 Å². The van der Waals surface area contributed by atoms with Crippen molar-refractivity contribution in [3.8, 4) is 0 Å². The van der Waals surface area contributed by atoms with Crippen LogP contribution in [0.4, 0.5) is 0 Å². The average molecular weight is 261 g/mol. The number of allylic oxidation sites excluding steroid dienone is 1. The smallest absolute Gasteiger partial charge is 0.251 e. The Balaban J connectivity index is 2.46. The molecule has 1 heterocycles. The second kappa shape index (κ2) is 5.18. The molecule has 0 fully saturated rings. The molecule has 4 nitrogen and oxygen atoms in total. The third-order valence-corrected chi connectivity index (χ3v) is 3.09. The third-order valence-electron chi connectivity index (χ3n) is 2.87. The Kier molecular flexibility index (Phi) is 3.62. The highest BCUT2D eigenvalue weighted by Crippen LogP contribution is 2.26. The number of hydrogen-bond donors (Lipinski definition) is 3. The van der Waals surface area contributed by atoms with Gasteiger partial charge >= 0.3 is 0 Å². The van der Waals surface area contributed by atoms with Gasteiger partial charge in [0.15, 0.2) is 5.11 Å². The Hall–Kier alpha value is -1.88. The van der Waals surface area contributed by atoms with Gasteiger partial charge in [-0.05, 0) is 24.7 Å². The Morgan fingerprint density at radius 2 is 2.00 bits per heavy atom. The van der Waals surface area contributed by atoms with Gasteiger partial charge in [-0.3, -0.25) is 4.79 Å². The van der Waals surface area contributed by atoms with E-state index < -0.39 is 0 Å². The van der Waals surface area contributed by atoms with E-state index in [2.05, 4.69) is 16.0 Å². The first-order valence-electron chi connectivity index (χ1n) is 5.68. The molecule has 0 aliphatic carbocycles. The zero-order valence-corrected chi connectivity index (χ0v) is 11.1. The van der Waals surface area contributed by atoms with E-state index in [9.17, 15) is 4.79 Å². The first-order chi connectivity index (χ1) is 8.63. The highest BCUT2D eigenvalue weighted by atomic mass is 32.1. The first-order valence-corrected chi connectivity index (χ1v) is 6.09. The lowest BCUT2D eigenvalue weighted by Crippen LogP contribution is -2.46. The molecule has 1 aliphatic heterocycles. The maximum absolute atomic E-state index is 12.0. The number of hydrogen-bond acceptors (Lipinski definition) is 2. The number of carbonyl (C=O) groups excluding carboxylic acids is 1. The van der Waals surface area contributed by atoms with Gasteiger partial charge in [-0.25, -0.2) is 0 Å². The zero-order valence-electron chi connectivity index (χ0n) is 10.3. The van der Waals surface area contributed by atoms with Crippen molar-refractivity contribution in [2.24, 2.45) is 0 Å². The Bertz CT molecular complexity index is 510. The van der Waals surface area contributed by atoms with E-state index in [0.717, 1.165) is 11.3 Å². The van der Waals surface area contributed by atoms with Gasteiger partial charge in [0.05, 0.1) is 11.6 Å². The van der Waals surface area contributed by atoms with Crippen LogP contribution in [-0.4, -0.2) is 18.1 Å². The lowest BCUT2D eigenvalue weighted by molar-refractivity contribution is -0.117. The van der Waals surface area contributed by atoms with Crippen molar-refractivity contribution >= 4 is 23.2 Å². The molecule has 94 valence electrons. The van der Waals surface area contributed by atoms with E-state index in [0.29, 0.717) is 10.7 Å². The summed E-state index contributed by atoms with van der Waals surface area (Å²) >= 11 is 5.15. The normalized spacial score (nSPS) is 19.0. The number of amides is 1. The van der Waals surface area contributed by atoms with Crippen molar-refractivity contribution in [1.82, 2.24) is 16.0 Å². The van der Waals surface area contributed by atoms with Crippen molar-refractivity contribution in [3.05, 3.63) is 47.2 Å². The maximum atomic E-state index is 12.0. The van der Waals surface area contributed by atoms with E-state index >= 15 is 0 Å². The minimum absolute atomic E-state index is 0.108. The molecule has 1 atom stereocenters. The summed E-state index contributed by atoms with van der Waals surface area (Å²) in [4.78, 5) is 12.0. The molecule has 18 heavy (non-hydrogen) atoms. The molecule has 1 aromatic rings. The Labute approximate surface area is 111 Å². The fourth-order valence-electron chi connectivity index (χ4n) is 2.03. The van der Waals surface area contributed by atoms with E-state index in [4.69, 9.17) is 12.2 Å². The fourth-order valence-corrected chi connectivity index (χ4v) is 2.30. The summed E-state index contributed by atoms with van der Waals surface area (Å²) in [7, 11) is 1.62. The minimum atomic E-state index is -0.208. The summed E-state index contributed by atoms with van der Waals surface area (Å²) in [5, 5.41) is 9.31. The number of benzene rings is 1. The summed E-state index contributed by atoms with van der Waals surface area (Å²) in [6.45, 7) is 1.85. The molecule has 0 saturated carbocycles. The predicted molar refractivity (Wildman–Crippen MR) is 74.8 cm³/mol. The summed E-state index contributed by atoms with van der Waals surface area (Å²) in [6.07, 6.45) is 0. The molecule has 0 aromatic heterocycles. The molecule has 0 radical (unpaired) electrons. The van der Waals surface area contributed by atoms with Gasteiger partial charge in [-0.1, -0.05) is 30.3 Å². The molecule has 0 saturated heterocycles. The van der Waals surface area contributed by atoms with Crippen LogP contribution in [0, 0.1) is 0 Å². The zero-order chi connectivity index (χ0) is 13.1. The van der Waals surface area contributed by atoms with Crippen LogP contribution >= 0.6 is 12.2 Å². The van der Waals surface area contributed by atoms with E-state index in [1.807, 2.05) is 37.3 Å². The Morgan fingerprint density at radius 3 is 2.61 bits per heavy atom. The molecule has 0 spiro atoms. The monoisotopic (exact) mass is 261 g/mol. The molecule has 1 aliphatic rings. The van der Waals surface area contributed by atoms with Crippen LogP contribution in [0.15, 0.2) is 41.6 Å². The second-order valence-corrected chi connectivity index (χ2v) is 4.47. The minimum Gasteiger partial charge on any atom is -0.355 e. The first kappa shape index (κ1) is 12.6. The van der Waals surface area contributed by atoms with Crippen LogP contribution in [0.2, 0.25) is 0 Å². The highest BCUT2D eigenvalue weighted by Gasteiger charge is 2.28. The average Bonchev–Trinajstić information content (AvgIpc) is 2.38. The van der Waals surface area contributed by atoms with Crippen LogP contribution in [0.3, 0.4) is 0 Å². The summed E-state index contributed by atoms with van der Waals surface area (Å²) in [5.41, 5.74) is 2.46. The van der Waals surface area contributed by atoms with Crippen molar-refractivity contribution < 1.29 is 4.79 Å². The molecular formula is C13H15N3OS. The SMILES string of the molecule is CNC(=O)C1=C(C)NC(=S)N[C@H]1c1ccccc1. The van der Waals surface area contributed by atoms with Gasteiger partial charge in [-0.2, -0.15) is 0 Å². The van der Waals surface area contributed by atoms with Crippen LogP contribution < -0.4 is 16.0 Å². The summed E-state index contributed by atoms with van der Waals surface area (Å²) in [5.74, 6) is -0.108. The van der Waals surface area contributed by atoms with Crippen molar-refractivity contribution in [2.45, 2.75) is 13.0 Å². The molecule has 3 N–H and O–H groups in total. The largest absolute Gasteiger partial charge is 0.355 e. The van der Waals surface area contributed by atoms with Gasteiger partial charge < -0.3 is 16.0 Å². The molecule has 5 heteroatoms. The lowest BCUT2D eigenvalue weighted by atomic mass is 9.95. The van der Waals surface area contributed by atoms with Crippen molar-refractivity contribution in [1.29, 1.82) is 0 Å². The number of nitrogens with one attached hydrogen (secondary N) is 3. The summed E-state index contributed by atoms with van der Waals surface area (Å²) in [6, 6.07) is 9.57. The van der Waals surface area contributed by atoms with E-state index in [1.54, 1.807) is 7.05 Å². The van der Waals surface area contributed by atoms with Gasteiger partial charge in [0.2, 0.25) is 0 Å². The number of rotatable bonds is 2. The van der Waals surface area contributed by atoms with E-state index in [-0.39, 0.29) is 11.9 Å². The number of likely N-dealkylation sites (N-methyl/N-ethyl adjacent to an activating group) is 1. The van der Waals surface area contributed by atoms with Gasteiger partial charge in [0.1, 0.15) is 0 Å². The molecular weight excluding hydrogens is 246 g/mol.